The van der Waals surface area contributed by atoms with Crippen LogP contribution in [0.4, 0.5) is 5.69 Å². The molecule has 7 nitrogen and oxygen atoms in total. The van der Waals surface area contributed by atoms with Crippen molar-refractivity contribution in [3.05, 3.63) is 95.0 Å². The van der Waals surface area contributed by atoms with Gasteiger partial charge in [-0.3, -0.25) is 13.9 Å². The minimum atomic E-state index is -4.09. The highest BCUT2D eigenvalue weighted by Gasteiger charge is 2.34. The first-order valence-corrected chi connectivity index (χ1v) is 15.5. The van der Waals surface area contributed by atoms with Gasteiger partial charge < -0.3 is 10.2 Å². The van der Waals surface area contributed by atoms with Gasteiger partial charge >= 0.3 is 0 Å². The quantitative estimate of drug-likeness (QED) is 0.314. The molecule has 1 N–H and O–H groups in total. The Hall–Kier alpha value is -3.36. The molecule has 0 unspecified atom stereocenters. The van der Waals surface area contributed by atoms with E-state index in [-0.39, 0.29) is 23.4 Å². The summed E-state index contributed by atoms with van der Waals surface area (Å²) in [5, 5.41) is 3.59. The normalized spacial score (nSPS) is 14.5. The van der Waals surface area contributed by atoms with Gasteiger partial charge in [-0.25, -0.2) is 8.42 Å². The average Bonchev–Trinajstić information content (AvgIpc) is 3.46. The number of aryl methyl sites for hydroxylation is 1. The van der Waals surface area contributed by atoms with E-state index in [0.29, 0.717) is 22.7 Å². The lowest BCUT2D eigenvalue weighted by Crippen LogP contribution is -2.53. The van der Waals surface area contributed by atoms with Crippen molar-refractivity contribution in [3.8, 4) is 0 Å². The molecule has 3 aromatic rings. The van der Waals surface area contributed by atoms with Crippen LogP contribution >= 0.6 is 11.6 Å². The van der Waals surface area contributed by atoms with E-state index >= 15 is 0 Å². The van der Waals surface area contributed by atoms with Crippen molar-refractivity contribution >= 4 is 39.1 Å². The zero-order chi connectivity index (χ0) is 28.7. The molecule has 0 heterocycles. The Labute approximate surface area is 242 Å². The number of nitrogens with zero attached hydrogens (tertiary/aromatic N) is 2. The molecule has 0 bridgehead atoms. The van der Waals surface area contributed by atoms with Gasteiger partial charge in [0.2, 0.25) is 11.8 Å². The lowest BCUT2D eigenvalue weighted by atomic mass is 10.1. The third-order valence-corrected chi connectivity index (χ3v) is 9.47. The summed E-state index contributed by atoms with van der Waals surface area (Å²) in [4.78, 5) is 29.2. The number of rotatable bonds is 11. The van der Waals surface area contributed by atoms with Crippen LogP contribution in [0, 0.1) is 6.92 Å². The van der Waals surface area contributed by atoms with E-state index in [1.54, 1.807) is 54.6 Å². The standard InChI is InChI=1S/C31H36ClN3O4S/c1-3-29(31(37)33-25-12-8-9-13-25)34(21-24-11-7-10-16-28(24)32)30(36)22-35(26-19-17-23(2)18-20-26)40(38,39)27-14-5-4-6-15-27/h4-7,10-11,14-20,25,29H,3,8-9,12-13,21-22H2,1-2H3,(H,33,37)/t29-/m0/s1. The lowest BCUT2D eigenvalue weighted by Gasteiger charge is -2.34. The summed E-state index contributed by atoms with van der Waals surface area (Å²) in [5.41, 5.74) is 2.00. The summed E-state index contributed by atoms with van der Waals surface area (Å²) in [7, 11) is -4.09. The van der Waals surface area contributed by atoms with Gasteiger partial charge in [-0.15, -0.1) is 0 Å². The van der Waals surface area contributed by atoms with E-state index in [1.165, 1.54) is 17.0 Å². The number of hydrogen-bond donors (Lipinski definition) is 1. The van der Waals surface area contributed by atoms with Gasteiger partial charge in [-0.05, 0) is 62.1 Å². The van der Waals surface area contributed by atoms with Crippen LogP contribution in [0.3, 0.4) is 0 Å². The molecule has 40 heavy (non-hydrogen) atoms. The highest BCUT2D eigenvalue weighted by Crippen LogP contribution is 2.26. The van der Waals surface area contributed by atoms with Crippen LogP contribution in [0.25, 0.3) is 0 Å². The average molecular weight is 582 g/mol. The van der Waals surface area contributed by atoms with E-state index in [0.717, 1.165) is 35.6 Å². The third kappa shape index (κ3) is 7.04. The third-order valence-electron chi connectivity index (χ3n) is 7.32. The van der Waals surface area contributed by atoms with Crippen molar-refractivity contribution in [1.29, 1.82) is 0 Å². The van der Waals surface area contributed by atoms with Crippen LogP contribution in [-0.4, -0.2) is 43.8 Å². The molecule has 0 radical (unpaired) electrons. The summed E-state index contributed by atoms with van der Waals surface area (Å²) in [5.74, 6) is -0.726. The molecule has 1 aliphatic carbocycles. The predicted molar refractivity (Wildman–Crippen MR) is 159 cm³/mol. The fourth-order valence-electron chi connectivity index (χ4n) is 5.06. The van der Waals surface area contributed by atoms with Gasteiger partial charge in [0, 0.05) is 17.6 Å². The number of halogens is 1. The lowest BCUT2D eigenvalue weighted by molar-refractivity contribution is -0.140. The van der Waals surface area contributed by atoms with Crippen LogP contribution in [0.1, 0.15) is 50.2 Å². The van der Waals surface area contributed by atoms with E-state index in [1.807, 2.05) is 26.0 Å². The topological polar surface area (TPSA) is 86.8 Å². The Morgan fingerprint density at radius 3 is 2.20 bits per heavy atom. The van der Waals surface area contributed by atoms with E-state index in [4.69, 9.17) is 11.6 Å². The molecule has 1 saturated carbocycles. The van der Waals surface area contributed by atoms with Crippen molar-refractivity contribution < 1.29 is 18.0 Å². The van der Waals surface area contributed by atoms with Crippen molar-refractivity contribution in [2.24, 2.45) is 0 Å². The van der Waals surface area contributed by atoms with E-state index in [9.17, 15) is 18.0 Å². The van der Waals surface area contributed by atoms with E-state index < -0.39 is 28.5 Å². The van der Waals surface area contributed by atoms with Crippen molar-refractivity contribution in [2.45, 2.75) is 69.5 Å². The molecule has 4 rings (SSSR count). The molecule has 3 aromatic carbocycles. The Morgan fingerprint density at radius 1 is 0.950 bits per heavy atom. The Morgan fingerprint density at radius 2 is 1.57 bits per heavy atom. The van der Waals surface area contributed by atoms with Crippen LogP contribution in [-0.2, 0) is 26.2 Å². The van der Waals surface area contributed by atoms with Crippen LogP contribution in [0.2, 0.25) is 5.02 Å². The van der Waals surface area contributed by atoms with Crippen molar-refractivity contribution in [2.75, 3.05) is 10.8 Å². The second kappa shape index (κ2) is 13.3. The number of amides is 2. The number of carbonyl (C=O) groups is 2. The largest absolute Gasteiger partial charge is 0.352 e. The van der Waals surface area contributed by atoms with Crippen LogP contribution in [0.15, 0.2) is 83.8 Å². The van der Waals surface area contributed by atoms with Gasteiger partial charge in [-0.2, -0.15) is 0 Å². The predicted octanol–water partition coefficient (Wildman–Crippen LogP) is 5.71. The molecule has 1 aliphatic rings. The highest BCUT2D eigenvalue weighted by atomic mass is 35.5. The summed E-state index contributed by atoms with van der Waals surface area (Å²) >= 11 is 6.46. The smallest absolute Gasteiger partial charge is 0.264 e. The number of benzene rings is 3. The van der Waals surface area contributed by atoms with Gasteiger partial charge in [0.25, 0.3) is 10.0 Å². The molecule has 9 heteroatoms. The highest BCUT2D eigenvalue weighted by molar-refractivity contribution is 7.92. The molecular formula is C31H36ClN3O4S. The number of anilines is 1. The summed E-state index contributed by atoms with van der Waals surface area (Å²) in [6.45, 7) is 3.36. The van der Waals surface area contributed by atoms with Gasteiger partial charge in [-0.1, -0.05) is 85.5 Å². The number of sulfonamides is 1. The molecule has 0 aliphatic heterocycles. The fourth-order valence-corrected chi connectivity index (χ4v) is 6.69. The van der Waals surface area contributed by atoms with Crippen molar-refractivity contribution in [3.63, 3.8) is 0 Å². The second-order valence-electron chi connectivity index (χ2n) is 10.2. The molecule has 1 atom stereocenters. The molecular weight excluding hydrogens is 546 g/mol. The maximum absolute atomic E-state index is 14.1. The maximum atomic E-state index is 14.1. The molecule has 1 fully saturated rings. The van der Waals surface area contributed by atoms with Gasteiger partial charge in [0.05, 0.1) is 10.6 Å². The fraction of sp³-hybridized carbons (Fsp3) is 0.355. The van der Waals surface area contributed by atoms with Gasteiger partial charge in [0.1, 0.15) is 12.6 Å². The zero-order valence-corrected chi connectivity index (χ0v) is 24.5. The SMILES string of the molecule is CC[C@@H](C(=O)NC1CCCC1)N(Cc1ccccc1Cl)C(=O)CN(c1ccc(C)cc1)S(=O)(=O)c1ccccc1. The van der Waals surface area contributed by atoms with E-state index in [2.05, 4.69) is 5.32 Å². The second-order valence-corrected chi connectivity index (χ2v) is 12.5. The first kappa shape index (κ1) is 29.6. The molecule has 2 amide bonds. The summed E-state index contributed by atoms with van der Waals surface area (Å²) in [6.07, 6.45) is 4.32. The number of carbonyl (C=O) groups excluding carboxylic acids is 2. The van der Waals surface area contributed by atoms with Crippen LogP contribution in [0.5, 0.6) is 0 Å². The Kier molecular flexibility index (Phi) is 9.87. The van der Waals surface area contributed by atoms with Crippen LogP contribution < -0.4 is 9.62 Å². The molecule has 212 valence electrons. The minimum absolute atomic E-state index is 0.0716. The maximum Gasteiger partial charge on any atom is 0.264 e. The first-order valence-electron chi connectivity index (χ1n) is 13.7. The molecule has 0 spiro atoms. The molecule has 0 saturated heterocycles. The summed E-state index contributed by atoms with van der Waals surface area (Å²) in [6, 6.07) is 21.5. The van der Waals surface area contributed by atoms with Crippen molar-refractivity contribution in [1.82, 2.24) is 10.2 Å². The number of nitrogens with one attached hydrogen (secondary N) is 1. The monoisotopic (exact) mass is 581 g/mol. The first-order chi connectivity index (χ1) is 19.2. The Balaban J connectivity index is 1.71. The number of hydrogen-bond acceptors (Lipinski definition) is 4. The minimum Gasteiger partial charge on any atom is -0.352 e. The van der Waals surface area contributed by atoms with Gasteiger partial charge in [0.15, 0.2) is 0 Å². The Bertz CT molecular complexity index is 1410. The molecule has 0 aromatic heterocycles. The zero-order valence-electron chi connectivity index (χ0n) is 22.9. The summed E-state index contributed by atoms with van der Waals surface area (Å²) < 4.78 is 28.8.